The van der Waals surface area contributed by atoms with Crippen LogP contribution in [0.15, 0.2) is 47.3 Å². The van der Waals surface area contributed by atoms with E-state index in [1.807, 2.05) is 0 Å². The normalized spacial score (nSPS) is 10.8. The van der Waals surface area contributed by atoms with Crippen molar-refractivity contribution in [2.24, 2.45) is 7.05 Å². The van der Waals surface area contributed by atoms with E-state index in [-0.39, 0.29) is 21.3 Å². The second kappa shape index (κ2) is 6.19. The Bertz CT molecular complexity index is 1030. The number of aromatic nitrogens is 1. The predicted octanol–water partition coefficient (Wildman–Crippen LogP) is 3.17. The molecule has 1 heterocycles. The SMILES string of the molecule is Cn1c([O-])c(C(=O)Nc2cccc(Cl)c2Cl)c2ccccc2c1=O. The molecule has 5 nitrogen and oxygen atoms in total. The fraction of sp³-hybridized carbons (Fsp3) is 0.0588. The molecule has 0 aliphatic rings. The molecule has 1 N–H and O–H groups in total. The molecule has 7 heteroatoms. The highest BCUT2D eigenvalue weighted by atomic mass is 35.5. The zero-order chi connectivity index (χ0) is 17.4. The van der Waals surface area contributed by atoms with Crippen molar-refractivity contribution < 1.29 is 9.90 Å². The first-order valence-corrected chi connectivity index (χ1v) is 7.71. The Morgan fingerprint density at radius 1 is 1.08 bits per heavy atom. The van der Waals surface area contributed by atoms with E-state index in [1.165, 1.54) is 7.05 Å². The van der Waals surface area contributed by atoms with Crippen LogP contribution in [0.1, 0.15) is 10.4 Å². The Morgan fingerprint density at radius 3 is 2.46 bits per heavy atom. The summed E-state index contributed by atoms with van der Waals surface area (Å²) < 4.78 is 0.914. The Morgan fingerprint density at radius 2 is 1.75 bits per heavy atom. The van der Waals surface area contributed by atoms with Crippen molar-refractivity contribution in [2.75, 3.05) is 5.32 Å². The maximum absolute atomic E-state index is 12.6. The number of fused-ring (bicyclic) bond motifs is 1. The van der Waals surface area contributed by atoms with Gasteiger partial charge in [0.1, 0.15) is 0 Å². The van der Waals surface area contributed by atoms with Crippen LogP contribution in [0.25, 0.3) is 10.8 Å². The summed E-state index contributed by atoms with van der Waals surface area (Å²) in [6.07, 6.45) is 0. The molecule has 2 aromatic carbocycles. The zero-order valence-corrected chi connectivity index (χ0v) is 14.0. The number of halogens is 2. The van der Waals surface area contributed by atoms with Crippen molar-refractivity contribution in [2.45, 2.75) is 0 Å². The van der Waals surface area contributed by atoms with Gasteiger partial charge in [-0.15, -0.1) is 0 Å². The molecule has 0 unspecified atom stereocenters. The van der Waals surface area contributed by atoms with Gasteiger partial charge >= 0.3 is 0 Å². The third-order valence-electron chi connectivity index (χ3n) is 3.68. The second-order valence-electron chi connectivity index (χ2n) is 5.15. The average molecular weight is 362 g/mol. The molecule has 3 rings (SSSR count). The standard InChI is InChI=1S/C17H12Cl2N2O3/c1-21-16(23)10-6-3-2-5-9(10)13(17(21)24)15(22)20-12-8-4-7-11(18)14(12)19/h2-8,24H,1H3,(H,20,22)/p-1. The molecule has 24 heavy (non-hydrogen) atoms. The number of hydrogen-bond donors (Lipinski definition) is 1. The zero-order valence-electron chi connectivity index (χ0n) is 12.5. The minimum atomic E-state index is -0.672. The topological polar surface area (TPSA) is 74.2 Å². The molecular formula is C17H11Cl2N2O3-. The summed E-state index contributed by atoms with van der Waals surface area (Å²) >= 11 is 12.0. The smallest absolute Gasteiger partial charge is 0.257 e. The van der Waals surface area contributed by atoms with E-state index in [2.05, 4.69) is 5.32 Å². The minimum absolute atomic E-state index is 0.122. The van der Waals surface area contributed by atoms with E-state index in [0.717, 1.165) is 4.57 Å². The van der Waals surface area contributed by atoms with Crippen molar-refractivity contribution in [1.82, 2.24) is 4.57 Å². The highest BCUT2D eigenvalue weighted by molar-refractivity contribution is 6.44. The predicted molar refractivity (Wildman–Crippen MR) is 93.1 cm³/mol. The van der Waals surface area contributed by atoms with E-state index in [0.29, 0.717) is 10.8 Å². The number of carbonyl (C=O) groups excluding carboxylic acids is 1. The number of anilines is 1. The highest BCUT2D eigenvalue weighted by Gasteiger charge is 2.17. The van der Waals surface area contributed by atoms with E-state index in [4.69, 9.17) is 23.2 Å². The van der Waals surface area contributed by atoms with Gasteiger partial charge in [-0.25, -0.2) is 0 Å². The summed E-state index contributed by atoms with van der Waals surface area (Å²) in [6, 6.07) is 11.2. The molecule has 3 aromatic rings. The third-order valence-corrected chi connectivity index (χ3v) is 4.50. The molecule has 0 bridgehead atoms. The quantitative estimate of drug-likeness (QED) is 0.761. The van der Waals surface area contributed by atoms with Crippen molar-refractivity contribution >= 4 is 45.6 Å². The van der Waals surface area contributed by atoms with Gasteiger partial charge in [0, 0.05) is 17.8 Å². The highest BCUT2D eigenvalue weighted by Crippen LogP contribution is 2.31. The molecule has 0 radical (unpaired) electrons. The molecular weight excluding hydrogens is 351 g/mol. The molecule has 0 saturated carbocycles. The van der Waals surface area contributed by atoms with Crippen molar-refractivity contribution in [3.63, 3.8) is 0 Å². The second-order valence-corrected chi connectivity index (χ2v) is 5.93. The fourth-order valence-corrected chi connectivity index (χ4v) is 2.80. The number of rotatable bonds is 2. The number of pyridine rings is 1. The first kappa shape index (κ1) is 16.4. The lowest BCUT2D eigenvalue weighted by atomic mass is 10.1. The van der Waals surface area contributed by atoms with Crippen LogP contribution in [0, 0.1) is 0 Å². The maximum Gasteiger partial charge on any atom is 0.257 e. The molecule has 1 amide bonds. The van der Waals surface area contributed by atoms with Gasteiger partial charge in [-0.2, -0.15) is 0 Å². The third kappa shape index (κ3) is 2.62. The lowest BCUT2D eigenvalue weighted by Crippen LogP contribution is -2.26. The summed E-state index contributed by atoms with van der Waals surface area (Å²) in [5.74, 6) is -1.33. The van der Waals surface area contributed by atoms with E-state index >= 15 is 0 Å². The molecule has 0 atom stereocenters. The Labute approximate surface area is 147 Å². The largest absolute Gasteiger partial charge is 0.859 e. The van der Waals surface area contributed by atoms with Crippen LogP contribution in [0.5, 0.6) is 5.88 Å². The maximum atomic E-state index is 12.6. The van der Waals surface area contributed by atoms with Gasteiger partial charge in [-0.1, -0.05) is 47.5 Å². The molecule has 0 fully saturated rings. The number of amides is 1. The lowest BCUT2D eigenvalue weighted by Gasteiger charge is -2.20. The van der Waals surface area contributed by atoms with Gasteiger partial charge in [0.05, 0.1) is 21.3 Å². The molecule has 0 aliphatic carbocycles. The number of nitrogens with one attached hydrogen (secondary N) is 1. The van der Waals surface area contributed by atoms with Gasteiger partial charge < -0.3 is 15.0 Å². The van der Waals surface area contributed by atoms with Crippen LogP contribution < -0.4 is 16.0 Å². The summed E-state index contributed by atoms with van der Waals surface area (Å²) in [7, 11) is 1.33. The lowest BCUT2D eigenvalue weighted by molar-refractivity contribution is -0.279. The van der Waals surface area contributed by atoms with Gasteiger partial charge in [0.25, 0.3) is 11.5 Å². The molecule has 122 valence electrons. The van der Waals surface area contributed by atoms with Crippen LogP contribution in [-0.2, 0) is 7.05 Å². The monoisotopic (exact) mass is 361 g/mol. The van der Waals surface area contributed by atoms with Crippen LogP contribution in [0.2, 0.25) is 10.0 Å². The summed E-state index contributed by atoms with van der Waals surface area (Å²) in [4.78, 5) is 24.8. The van der Waals surface area contributed by atoms with Gasteiger partial charge in [-0.05, 0) is 24.1 Å². The summed E-state index contributed by atoms with van der Waals surface area (Å²) in [5, 5.41) is 16.0. The van der Waals surface area contributed by atoms with Crippen molar-refractivity contribution in [3.8, 4) is 5.88 Å². The number of carbonyl (C=O) groups is 1. The number of benzene rings is 2. The average Bonchev–Trinajstić information content (AvgIpc) is 2.57. The summed E-state index contributed by atoms with van der Waals surface area (Å²) in [5.41, 5.74) is -0.289. The van der Waals surface area contributed by atoms with Gasteiger partial charge in [0.15, 0.2) is 0 Å². The van der Waals surface area contributed by atoms with Gasteiger partial charge in [-0.3, -0.25) is 9.59 Å². The van der Waals surface area contributed by atoms with E-state index < -0.39 is 17.3 Å². The number of nitrogens with zero attached hydrogens (tertiary/aromatic N) is 1. The van der Waals surface area contributed by atoms with Crippen LogP contribution in [-0.4, -0.2) is 10.5 Å². The van der Waals surface area contributed by atoms with Crippen LogP contribution >= 0.6 is 23.2 Å². The molecule has 0 aliphatic heterocycles. The molecule has 0 saturated heterocycles. The first-order valence-electron chi connectivity index (χ1n) is 6.96. The van der Waals surface area contributed by atoms with Crippen molar-refractivity contribution in [1.29, 1.82) is 0 Å². The fourth-order valence-electron chi connectivity index (χ4n) is 2.45. The minimum Gasteiger partial charge on any atom is -0.859 e. The van der Waals surface area contributed by atoms with Crippen LogP contribution in [0.3, 0.4) is 0 Å². The van der Waals surface area contributed by atoms with Crippen LogP contribution in [0.4, 0.5) is 5.69 Å². The Kier molecular flexibility index (Phi) is 4.22. The van der Waals surface area contributed by atoms with Crippen molar-refractivity contribution in [3.05, 3.63) is 68.4 Å². The Balaban J connectivity index is 2.17. The Hall–Kier alpha value is -2.50. The molecule has 1 aromatic heterocycles. The summed E-state index contributed by atoms with van der Waals surface area (Å²) in [6.45, 7) is 0. The molecule has 0 spiro atoms. The number of hydrogen-bond acceptors (Lipinski definition) is 3. The van der Waals surface area contributed by atoms with Gasteiger partial charge in [0.2, 0.25) is 0 Å². The van der Waals surface area contributed by atoms with E-state index in [9.17, 15) is 14.7 Å². The van der Waals surface area contributed by atoms with E-state index in [1.54, 1.807) is 42.5 Å². The first-order chi connectivity index (χ1) is 11.4.